The van der Waals surface area contributed by atoms with Crippen LogP contribution in [0.2, 0.25) is 10.0 Å². The predicted octanol–water partition coefficient (Wildman–Crippen LogP) is 3.85. The SMILES string of the molecule is CCOc1ccc(Cl)cc1NC(=O)c1cc2ccccc2c(N=Nc2cc(Cl)cc(C)c2S(=O)(=O)O)c1[O-].[Na+]. The van der Waals surface area contributed by atoms with Crippen LogP contribution in [-0.2, 0) is 10.1 Å². The second kappa shape index (κ2) is 12.6. The average molecular weight is 596 g/mol. The Morgan fingerprint density at radius 2 is 1.77 bits per heavy atom. The molecule has 0 aromatic heterocycles. The second-order valence-electron chi connectivity index (χ2n) is 8.10. The molecule has 0 saturated heterocycles. The predicted molar refractivity (Wildman–Crippen MR) is 144 cm³/mol. The summed E-state index contributed by atoms with van der Waals surface area (Å²) in [7, 11) is -4.68. The van der Waals surface area contributed by atoms with Crippen molar-refractivity contribution in [3.63, 3.8) is 0 Å². The zero-order valence-electron chi connectivity index (χ0n) is 21.0. The Morgan fingerprint density at radius 3 is 2.46 bits per heavy atom. The Bertz CT molecular complexity index is 1710. The largest absolute Gasteiger partial charge is 1.00 e. The number of nitrogens with one attached hydrogen (secondary N) is 1. The van der Waals surface area contributed by atoms with Gasteiger partial charge in [0, 0.05) is 21.0 Å². The number of fused-ring (bicyclic) bond motifs is 1. The van der Waals surface area contributed by atoms with Crippen molar-refractivity contribution in [2.45, 2.75) is 18.7 Å². The molecule has 0 fully saturated rings. The van der Waals surface area contributed by atoms with Crippen molar-refractivity contribution in [2.75, 3.05) is 11.9 Å². The van der Waals surface area contributed by atoms with Gasteiger partial charge in [0.05, 0.1) is 18.0 Å². The second-order valence-corrected chi connectivity index (χ2v) is 10.3. The third-order valence-corrected chi connectivity index (χ3v) is 6.95. The molecule has 0 aliphatic heterocycles. The van der Waals surface area contributed by atoms with Crippen LogP contribution in [0.4, 0.5) is 17.1 Å². The molecule has 9 nitrogen and oxygen atoms in total. The van der Waals surface area contributed by atoms with Crippen molar-refractivity contribution in [1.29, 1.82) is 0 Å². The molecular formula is C26H20Cl2N3NaO6S. The number of nitrogens with zero attached hydrogens (tertiary/aromatic N) is 2. The first-order chi connectivity index (χ1) is 18.0. The number of hydrogen-bond donors (Lipinski definition) is 2. The molecule has 4 rings (SSSR count). The topological polar surface area (TPSA) is 140 Å². The fraction of sp³-hybridized carbons (Fsp3) is 0.115. The van der Waals surface area contributed by atoms with E-state index >= 15 is 0 Å². The fourth-order valence-corrected chi connectivity index (χ4v) is 5.14. The molecule has 0 aliphatic rings. The third-order valence-electron chi connectivity index (χ3n) is 5.45. The molecule has 4 aromatic carbocycles. The number of amides is 1. The molecule has 0 atom stereocenters. The van der Waals surface area contributed by atoms with Crippen molar-refractivity contribution in [2.24, 2.45) is 10.2 Å². The van der Waals surface area contributed by atoms with Gasteiger partial charge < -0.3 is 15.2 Å². The van der Waals surface area contributed by atoms with Gasteiger partial charge in [-0.1, -0.05) is 53.2 Å². The molecule has 1 amide bonds. The number of anilines is 1. The number of carbonyl (C=O) groups is 1. The number of benzene rings is 4. The molecule has 39 heavy (non-hydrogen) atoms. The van der Waals surface area contributed by atoms with E-state index in [1.54, 1.807) is 43.3 Å². The minimum Gasteiger partial charge on any atom is -0.870 e. The first-order valence-electron chi connectivity index (χ1n) is 11.2. The zero-order valence-corrected chi connectivity index (χ0v) is 25.4. The maximum Gasteiger partial charge on any atom is 1.00 e. The van der Waals surface area contributed by atoms with Gasteiger partial charge in [0.25, 0.3) is 16.0 Å². The zero-order chi connectivity index (χ0) is 27.6. The van der Waals surface area contributed by atoms with E-state index in [1.807, 2.05) is 0 Å². The van der Waals surface area contributed by atoms with Crippen LogP contribution < -0.4 is 44.7 Å². The average Bonchev–Trinajstić information content (AvgIpc) is 2.83. The van der Waals surface area contributed by atoms with Crippen molar-refractivity contribution in [1.82, 2.24) is 0 Å². The summed E-state index contributed by atoms with van der Waals surface area (Å²) in [6.45, 7) is 3.55. The Hall–Kier alpha value is -2.70. The van der Waals surface area contributed by atoms with Crippen LogP contribution in [0.25, 0.3) is 10.8 Å². The fourth-order valence-electron chi connectivity index (χ4n) is 3.87. The minimum absolute atomic E-state index is 0. The molecule has 4 aromatic rings. The van der Waals surface area contributed by atoms with Gasteiger partial charge in [-0.25, -0.2) is 0 Å². The summed E-state index contributed by atoms with van der Waals surface area (Å²) in [6, 6.07) is 15.3. The van der Waals surface area contributed by atoms with E-state index < -0.39 is 26.7 Å². The summed E-state index contributed by atoms with van der Waals surface area (Å²) in [5, 5.41) is 25.5. The summed E-state index contributed by atoms with van der Waals surface area (Å²) in [5.74, 6) is -1.12. The van der Waals surface area contributed by atoms with Crippen LogP contribution in [0, 0.1) is 6.92 Å². The van der Waals surface area contributed by atoms with Crippen molar-refractivity contribution in [3.8, 4) is 11.5 Å². The van der Waals surface area contributed by atoms with Gasteiger partial charge in [-0.3, -0.25) is 9.35 Å². The standard InChI is InChI=1S/C26H21Cl2N3O6S.Na/c1-3-37-22-9-8-16(27)12-20(22)29-26(33)19-11-15-6-4-5-7-18(15)23(24(19)32)31-30-21-13-17(28)10-14(2)25(21)38(34,35)36;/h4-13,32H,3H2,1-2H3,(H,29,33)(H,34,35,36);/q;+1/p-1. The Morgan fingerprint density at radius 1 is 1.05 bits per heavy atom. The number of carbonyl (C=O) groups excluding carboxylic acids is 1. The summed E-state index contributed by atoms with van der Waals surface area (Å²) in [6.07, 6.45) is 0. The molecule has 0 bridgehead atoms. The van der Waals surface area contributed by atoms with E-state index in [-0.39, 0.29) is 62.8 Å². The first kappa shape index (κ1) is 30.8. The van der Waals surface area contributed by atoms with E-state index in [0.29, 0.717) is 28.2 Å². The normalized spacial score (nSPS) is 11.4. The van der Waals surface area contributed by atoms with Crippen molar-refractivity contribution < 1.29 is 57.2 Å². The van der Waals surface area contributed by atoms with Crippen LogP contribution in [0.1, 0.15) is 22.8 Å². The van der Waals surface area contributed by atoms with Gasteiger partial charge in [-0.05, 0) is 61.2 Å². The molecule has 0 spiro atoms. The summed E-state index contributed by atoms with van der Waals surface area (Å²) >= 11 is 12.1. The van der Waals surface area contributed by atoms with E-state index in [4.69, 9.17) is 27.9 Å². The molecular weight excluding hydrogens is 576 g/mol. The maximum absolute atomic E-state index is 13.5. The Balaban J connectivity index is 0.00000420. The van der Waals surface area contributed by atoms with E-state index in [9.17, 15) is 22.9 Å². The first-order valence-corrected chi connectivity index (χ1v) is 13.3. The summed E-state index contributed by atoms with van der Waals surface area (Å²) < 4.78 is 39.2. The summed E-state index contributed by atoms with van der Waals surface area (Å²) in [5.41, 5.74) is -0.301. The van der Waals surface area contributed by atoms with Crippen LogP contribution in [0.3, 0.4) is 0 Å². The monoisotopic (exact) mass is 595 g/mol. The van der Waals surface area contributed by atoms with E-state index in [1.165, 1.54) is 31.2 Å². The van der Waals surface area contributed by atoms with Gasteiger partial charge in [0.1, 0.15) is 16.3 Å². The van der Waals surface area contributed by atoms with E-state index in [0.717, 1.165) is 0 Å². The van der Waals surface area contributed by atoms with Gasteiger partial charge in [0.2, 0.25) is 0 Å². The molecule has 0 aliphatic carbocycles. The van der Waals surface area contributed by atoms with Crippen molar-refractivity contribution in [3.05, 3.63) is 81.8 Å². The van der Waals surface area contributed by atoms with Crippen LogP contribution in [0.15, 0.2) is 75.8 Å². The Labute approximate surface area is 256 Å². The quantitative estimate of drug-likeness (QED) is 0.189. The van der Waals surface area contributed by atoms with Gasteiger partial charge in [-0.15, -0.1) is 5.11 Å². The molecule has 2 N–H and O–H groups in total. The number of rotatable bonds is 7. The van der Waals surface area contributed by atoms with Gasteiger partial charge in [-0.2, -0.15) is 13.5 Å². The number of aryl methyl sites for hydroxylation is 1. The maximum atomic E-state index is 13.5. The molecule has 0 unspecified atom stereocenters. The van der Waals surface area contributed by atoms with Gasteiger partial charge >= 0.3 is 29.6 Å². The third kappa shape index (κ3) is 6.90. The molecule has 0 saturated carbocycles. The minimum atomic E-state index is -4.68. The van der Waals surface area contributed by atoms with Crippen molar-refractivity contribution >= 4 is 67.1 Å². The van der Waals surface area contributed by atoms with Crippen LogP contribution in [0.5, 0.6) is 11.5 Å². The molecule has 0 heterocycles. The van der Waals surface area contributed by atoms with E-state index in [2.05, 4.69) is 15.5 Å². The number of ether oxygens (including phenoxy) is 1. The number of azo groups is 1. The molecule has 13 heteroatoms. The smallest absolute Gasteiger partial charge is 0.870 e. The number of hydrogen-bond acceptors (Lipinski definition) is 7. The Kier molecular flexibility index (Phi) is 10.0. The molecule has 0 radical (unpaired) electrons. The number of halogens is 2. The summed E-state index contributed by atoms with van der Waals surface area (Å²) in [4.78, 5) is 12.7. The van der Waals surface area contributed by atoms with Gasteiger partial charge in [0.15, 0.2) is 0 Å². The van der Waals surface area contributed by atoms with Crippen LogP contribution >= 0.6 is 23.2 Å². The van der Waals surface area contributed by atoms with Crippen LogP contribution in [-0.4, -0.2) is 25.5 Å². The molecule has 196 valence electrons.